The summed E-state index contributed by atoms with van der Waals surface area (Å²) in [7, 11) is 0. The van der Waals surface area contributed by atoms with E-state index in [1.165, 1.54) is 12.6 Å². The second-order valence-electron chi connectivity index (χ2n) is 4.00. The molecule has 2 rings (SSSR count). The standard InChI is InChI=1S/C11H16N4O2/c12-10(16)11-13-5-4-9(15-11)14-7-8-3-1-2-6-17-8/h4-5,8H,1-3,6-7H2,(H2,12,16)(H,13,14,15). The zero-order valence-electron chi connectivity index (χ0n) is 9.56. The summed E-state index contributed by atoms with van der Waals surface area (Å²) in [6.45, 7) is 1.51. The van der Waals surface area contributed by atoms with Crippen molar-refractivity contribution in [1.82, 2.24) is 9.97 Å². The Balaban J connectivity index is 1.89. The topological polar surface area (TPSA) is 90.1 Å². The fourth-order valence-corrected chi connectivity index (χ4v) is 1.76. The van der Waals surface area contributed by atoms with Crippen LogP contribution in [0.2, 0.25) is 0 Å². The van der Waals surface area contributed by atoms with E-state index in [0.29, 0.717) is 12.4 Å². The average Bonchev–Trinajstić information content (AvgIpc) is 2.38. The van der Waals surface area contributed by atoms with Crippen molar-refractivity contribution in [2.75, 3.05) is 18.5 Å². The molecule has 17 heavy (non-hydrogen) atoms. The predicted octanol–water partition coefficient (Wildman–Crippen LogP) is 0.556. The second-order valence-corrected chi connectivity index (χ2v) is 4.00. The van der Waals surface area contributed by atoms with Gasteiger partial charge in [0.15, 0.2) is 0 Å². The minimum Gasteiger partial charge on any atom is -0.376 e. The Labute approximate surface area is 99.6 Å². The molecule has 2 heterocycles. The lowest BCUT2D eigenvalue weighted by molar-refractivity contribution is 0.0247. The molecule has 6 heteroatoms. The average molecular weight is 236 g/mol. The monoisotopic (exact) mass is 236 g/mol. The molecule has 0 radical (unpaired) electrons. The van der Waals surface area contributed by atoms with Gasteiger partial charge in [-0.1, -0.05) is 0 Å². The first kappa shape index (κ1) is 11.8. The molecule has 0 aliphatic carbocycles. The minimum absolute atomic E-state index is 0.0274. The van der Waals surface area contributed by atoms with Crippen molar-refractivity contribution in [3.05, 3.63) is 18.1 Å². The Morgan fingerprint density at radius 2 is 2.47 bits per heavy atom. The number of nitrogens with one attached hydrogen (secondary N) is 1. The third kappa shape index (κ3) is 3.39. The van der Waals surface area contributed by atoms with Crippen LogP contribution in [0.25, 0.3) is 0 Å². The highest BCUT2D eigenvalue weighted by Crippen LogP contribution is 2.13. The van der Waals surface area contributed by atoms with Crippen LogP contribution in [0.15, 0.2) is 12.3 Å². The summed E-state index contributed by atoms with van der Waals surface area (Å²) in [5, 5.41) is 3.13. The van der Waals surface area contributed by atoms with Crippen LogP contribution in [0.1, 0.15) is 29.9 Å². The molecule has 0 bridgehead atoms. The molecule has 92 valence electrons. The van der Waals surface area contributed by atoms with Gasteiger partial charge in [-0.3, -0.25) is 4.79 Å². The van der Waals surface area contributed by atoms with Gasteiger partial charge in [0, 0.05) is 19.3 Å². The van der Waals surface area contributed by atoms with Gasteiger partial charge in [-0.05, 0) is 25.3 Å². The van der Waals surface area contributed by atoms with Crippen molar-refractivity contribution in [2.45, 2.75) is 25.4 Å². The zero-order chi connectivity index (χ0) is 12.1. The Morgan fingerprint density at radius 3 is 3.18 bits per heavy atom. The lowest BCUT2D eigenvalue weighted by Gasteiger charge is -2.22. The number of hydrogen-bond donors (Lipinski definition) is 2. The minimum atomic E-state index is -0.623. The SMILES string of the molecule is NC(=O)c1nccc(NCC2CCCCO2)n1. The van der Waals surface area contributed by atoms with Gasteiger partial charge >= 0.3 is 0 Å². The number of rotatable bonds is 4. The van der Waals surface area contributed by atoms with Gasteiger partial charge in [0.2, 0.25) is 5.82 Å². The first-order chi connectivity index (χ1) is 8.25. The van der Waals surface area contributed by atoms with Gasteiger partial charge in [0.25, 0.3) is 5.91 Å². The summed E-state index contributed by atoms with van der Waals surface area (Å²) >= 11 is 0. The van der Waals surface area contributed by atoms with E-state index in [2.05, 4.69) is 15.3 Å². The third-order valence-corrected chi connectivity index (χ3v) is 2.66. The Bertz CT molecular complexity index is 391. The van der Waals surface area contributed by atoms with E-state index >= 15 is 0 Å². The van der Waals surface area contributed by atoms with E-state index in [9.17, 15) is 4.79 Å². The Hall–Kier alpha value is -1.69. The van der Waals surface area contributed by atoms with E-state index in [1.54, 1.807) is 6.07 Å². The number of carbonyl (C=O) groups excluding carboxylic acids is 1. The third-order valence-electron chi connectivity index (χ3n) is 2.66. The zero-order valence-corrected chi connectivity index (χ0v) is 9.56. The number of ether oxygens (including phenoxy) is 1. The summed E-state index contributed by atoms with van der Waals surface area (Å²) in [5.74, 6) is 0.00472. The fourth-order valence-electron chi connectivity index (χ4n) is 1.76. The second kappa shape index (κ2) is 5.58. The van der Waals surface area contributed by atoms with Crippen molar-refractivity contribution in [1.29, 1.82) is 0 Å². The number of aromatic nitrogens is 2. The summed E-state index contributed by atoms with van der Waals surface area (Å²) in [5.41, 5.74) is 5.11. The van der Waals surface area contributed by atoms with Crippen LogP contribution in [-0.4, -0.2) is 35.1 Å². The largest absolute Gasteiger partial charge is 0.376 e. The molecule has 1 fully saturated rings. The summed E-state index contributed by atoms with van der Waals surface area (Å²) in [4.78, 5) is 18.7. The maximum absolute atomic E-state index is 10.9. The summed E-state index contributed by atoms with van der Waals surface area (Å²) in [6, 6.07) is 1.70. The van der Waals surface area contributed by atoms with E-state index in [1.807, 2.05) is 0 Å². The van der Waals surface area contributed by atoms with Crippen LogP contribution in [-0.2, 0) is 4.74 Å². The van der Waals surface area contributed by atoms with Gasteiger partial charge in [-0.15, -0.1) is 0 Å². The molecule has 6 nitrogen and oxygen atoms in total. The van der Waals surface area contributed by atoms with Crippen molar-refractivity contribution >= 4 is 11.7 Å². The Morgan fingerprint density at radius 1 is 1.59 bits per heavy atom. The molecule has 1 aliphatic rings. The lowest BCUT2D eigenvalue weighted by atomic mass is 10.1. The highest BCUT2D eigenvalue weighted by molar-refractivity contribution is 5.89. The van der Waals surface area contributed by atoms with Gasteiger partial charge < -0.3 is 15.8 Å². The van der Waals surface area contributed by atoms with E-state index in [0.717, 1.165) is 19.4 Å². The molecule has 1 unspecified atom stereocenters. The summed E-state index contributed by atoms with van der Waals surface area (Å²) < 4.78 is 5.58. The molecular weight excluding hydrogens is 220 g/mol. The normalized spacial score (nSPS) is 19.9. The van der Waals surface area contributed by atoms with Gasteiger partial charge in [0.05, 0.1) is 6.10 Å². The number of nitrogens with zero attached hydrogens (tertiary/aromatic N) is 2. The molecule has 1 aromatic heterocycles. The molecule has 1 amide bonds. The van der Waals surface area contributed by atoms with Crippen LogP contribution in [0.5, 0.6) is 0 Å². The van der Waals surface area contributed by atoms with Crippen LogP contribution in [0.4, 0.5) is 5.82 Å². The molecule has 3 N–H and O–H groups in total. The number of carbonyl (C=O) groups is 1. The molecule has 1 saturated heterocycles. The van der Waals surface area contributed by atoms with Crippen LogP contribution in [0.3, 0.4) is 0 Å². The highest BCUT2D eigenvalue weighted by atomic mass is 16.5. The van der Waals surface area contributed by atoms with Crippen molar-refractivity contribution in [3.8, 4) is 0 Å². The van der Waals surface area contributed by atoms with Crippen molar-refractivity contribution < 1.29 is 9.53 Å². The van der Waals surface area contributed by atoms with Crippen molar-refractivity contribution in [3.63, 3.8) is 0 Å². The van der Waals surface area contributed by atoms with E-state index in [-0.39, 0.29) is 11.9 Å². The maximum atomic E-state index is 10.9. The summed E-state index contributed by atoms with van der Waals surface area (Å²) in [6.07, 6.45) is 5.12. The number of hydrogen-bond acceptors (Lipinski definition) is 5. The molecule has 0 aromatic carbocycles. The number of anilines is 1. The van der Waals surface area contributed by atoms with E-state index < -0.39 is 5.91 Å². The first-order valence-corrected chi connectivity index (χ1v) is 5.74. The smallest absolute Gasteiger partial charge is 0.286 e. The number of primary amides is 1. The number of amides is 1. The fraction of sp³-hybridized carbons (Fsp3) is 0.545. The molecule has 1 atom stereocenters. The molecule has 0 saturated carbocycles. The highest BCUT2D eigenvalue weighted by Gasteiger charge is 2.13. The van der Waals surface area contributed by atoms with Crippen LogP contribution < -0.4 is 11.1 Å². The Kier molecular flexibility index (Phi) is 3.87. The molecule has 0 spiro atoms. The van der Waals surface area contributed by atoms with Crippen LogP contribution in [0, 0.1) is 0 Å². The lowest BCUT2D eigenvalue weighted by Crippen LogP contribution is -2.27. The first-order valence-electron chi connectivity index (χ1n) is 5.74. The molecule has 1 aromatic rings. The maximum Gasteiger partial charge on any atom is 0.286 e. The quantitative estimate of drug-likeness (QED) is 0.797. The predicted molar refractivity (Wildman–Crippen MR) is 62.6 cm³/mol. The molecular formula is C11H16N4O2. The van der Waals surface area contributed by atoms with Crippen LogP contribution >= 0.6 is 0 Å². The number of nitrogens with two attached hydrogens (primary N) is 1. The van der Waals surface area contributed by atoms with Crippen molar-refractivity contribution in [2.24, 2.45) is 5.73 Å². The molecule has 1 aliphatic heterocycles. The van der Waals surface area contributed by atoms with Gasteiger partial charge in [0.1, 0.15) is 5.82 Å². The van der Waals surface area contributed by atoms with Gasteiger partial charge in [-0.2, -0.15) is 0 Å². The van der Waals surface area contributed by atoms with E-state index in [4.69, 9.17) is 10.5 Å². The van der Waals surface area contributed by atoms with Gasteiger partial charge in [-0.25, -0.2) is 9.97 Å².